The number of nitrogens with zero attached hydrogens (tertiary/aromatic N) is 2. The van der Waals surface area contributed by atoms with Gasteiger partial charge in [0, 0.05) is 24.5 Å². The number of aryl methyl sites for hydroxylation is 1. The van der Waals surface area contributed by atoms with Gasteiger partial charge in [-0.05, 0) is 40.2 Å². The molecule has 0 aliphatic heterocycles. The van der Waals surface area contributed by atoms with Gasteiger partial charge >= 0.3 is 12.4 Å². The summed E-state index contributed by atoms with van der Waals surface area (Å²) in [7, 11) is 1.78. The Bertz CT molecular complexity index is 1000. The van der Waals surface area contributed by atoms with Gasteiger partial charge in [0.25, 0.3) is 0 Å². The van der Waals surface area contributed by atoms with E-state index < -0.39 is 18.1 Å². The molecule has 2 amide bonds. The standard InChI is InChI=1S/C18H14BrF3N4O2/c1-26-10-13(19)16(25-26)11-5-4-6-12(9-11)23-17(27)24-14-7-2-3-8-15(14)28-18(20,21)22/h2-10H,1H3,(H2,23,24,27). The van der Waals surface area contributed by atoms with Crippen molar-refractivity contribution >= 4 is 33.3 Å². The second-order valence-corrected chi connectivity index (χ2v) is 6.56. The molecule has 0 saturated carbocycles. The lowest BCUT2D eigenvalue weighted by molar-refractivity contribution is -0.274. The number of carbonyl (C=O) groups excluding carboxylic acids is 1. The van der Waals surface area contributed by atoms with Gasteiger partial charge in [-0.2, -0.15) is 5.10 Å². The van der Waals surface area contributed by atoms with Crippen molar-refractivity contribution in [1.82, 2.24) is 9.78 Å². The minimum Gasteiger partial charge on any atom is -0.404 e. The first-order valence-electron chi connectivity index (χ1n) is 7.93. The Kier molecular flexibility index (Phi) is 5.59. The smallest absolute Gasteiger partial charge is 0.404 e. The van der Waals surface area contributed by atoms with E-state index in [0.29, 0.717) is 11.4 Å². The topological polar surface area (TPSA) is 68.2 Å². The predicted molar refractivity (Wildman–Crippen MR) is 102 cm³/mol. The highest BCUT2D eigenvalue weighted by atomic mass is 79.9. The number of para-hydroxylation sites is 2. The van der Waals surface area contributed by atoms with E-state index >= 15 is 0 Å². The van der Waals surface area contributed by atoms with Crippen LogP contribution >= 0.6 is 15.9 Å². The number of urea groups is 1. The van der Waals surface area contributed by atoms with Crippen molar-refractivity contribution < 1.29 is 22.7 Å². The largest absolute Gasteiger partial charge is 0.573 e. The van der Waals surface area contributed by atoms with Gasteiger partial charge in [-0.25, -0.2) is 4.79 Å². The zero-order chi connectivity index (χ0) is 20.3. The van der Waals surface area contributed by atoms with Crippen molar-refractivity contribution in [3.63, 3.8) is 0 Å². The van der Waals surface area contributed by atoms with Crippen LogP contribution in [0, 0.1) is 0 Å². The molecule has 2 N–H and O–H groups in total. The van der Waals surface area contributed by atoms with Gasteiger partial charge in [-0.15, -0.1) is 13.2 Å². The highest BCUT2D eigenvalue weighted by molar-refractivity contribution is 9.10. The van der Waals surface area contributed by atoms with E-state index in [-0.39, 0.29) is 5.69 Å². The molecule has 10 heteroatoms. The molecular weight excluding hydrogens is 441 g/mol. The number of ether oxygens (including phenoxy) is 1. The maximum atomic E-state index is 12.5. The Balaban J connectivity index is 1.74. The summed E-state index contributed by atoms with van der Waals surface area (Å²) in [4.78, 5) is 12.2. The number of rotatable bonds is 4. The second-order valence-electron chi connectivity index (χ2n) is 5.70. The molecule has 0 radical (unpaired) electrons. The molecule has 0 bridgehead atoms. The molecule has 3 aromatic rings. The lowest BCUT2D eigenvalue weighted by atomic mass is 10.1. The van der Waals surface area contributed by atoms with Crippen LogP contribution in [0.2, 0.25) is 0 Å². The van der Waals surface area contributed by atoms with Gasteiger partial charge < -0.3 is 15.4 Å². The zero-order valence-electron chi connectivity index (χ0n) is 14.4. The molecular formula is C18H14BrF3N4O2. The fraction of sp³-hybridized carbons (Fsp3) is 0.111. The average Bonchev–Trinajstić information content (AvgIpc) is 2.94. The van der Waals surface area contributed by atoms with Crippen LogP contribution < -0.4 is 15.4 Å². The lowest BCUT2D eigenvalue weighted by Gasteiger charge is -2.14. The van der Waals surface area contributed by atoms with Gasteiger partial charge in [0.15, 0.2) is 5.75 Å². The van der Waals surface area contributed by atoms with Crippen molar-refractivity contribution in [3.8, 4) is 17.0 Å². The molecule has 6 nitrogen and oxygen atoms in total. The summed E-state index contributed by atoms with van der Waals surface area (Å²) < 4.78 is 43.8. The Morgan fingerprint density at radius 3 is 2.57 bits per heavy atom. The van der Waals surface area contributed by atoms with Crippen molar-refractivity contribution in [3.05, 3.63) is 59.2 Å². The average molecular weight is 455 g/mol. The highest BCUT2D eigenvalue weighted by Crippen LogP contribution is 2.31. The minimum absolute atomic E-state index is 0.110. The van der Waals surface area contributed by atoms with Gasteiger partial charge in [0.1, 0.15) is 5.69 Å². The monoisotopic (exact) mass is 454 g/mol. The third kappa shape index (κ3) is 5.03. The molecule has 1 heterocycles. The Labute approximate surface area is 166 Å². The number of hydrogen-bond donors (Lipinski definition) is 2. The van der Waals surface area contributed by atoms with E-state index in [0.717, 1.165) is 16.1 Å². The van der Waals surface area contributed by atoms with Gasteiger partial charge in [0.05, 0.1) is 10.2 Å². The lowest BCUT2D eigenvalue weighted by Crippen LogP contribution is -2.22. The molecule has 3 rings (SSSR count). The number of alkyl halides is 3. The summed E-state index contributed by atoms with van der Waals surface area (Å²) in [6.07, 6.45) is -3.07. The van der Waals surface area contributed by atoms with Crippen molar-refractivity contribution in [2.45, 2.75) is 6.36 Å². The first-order valence-corrected chi connectivity index (χ1v) is 8.73. The van der Waals surface area contributed by atoms with E-state index in [1.165, 1.54) is 18.2 Å². The molecule has 0 atom stereocenters. The van der Waals surface area contributed by atoms with E-state index in [1.807, 2.05) is 6.07 Å². The SMILES string of the molecule is Cn1cc(Br)c(-c2cccc(NC(=O)Nc3ccccc3OC(F)(F)F)c2)n1. The number of anilines is 2. The van der Waals surface area contributed by atoms with E-state index in [2.05, 4.69) is 36.4 Å². The molecule has 2 aromatic carbocycles. The van der Waals surface area contributed by atoms with Crippen LogP contribution in [-0.2, 0) is 7.05 Å². The molecule has 0 saturated heterocycles. The number of amides is 2. The molecule has 146 valence electrons. The summed E-state index contributed by atoms with van der Waals surface area (Å²) in [5.41, 5.74) is 1.78. The molecule has 0 spiro atoms. The predicted octanol–water partition coefficient (Wildman–Crippen LogP) is 5.39. The van der Waals surface area contributed by atoms with E-state index in [1.54, 1.807) is 36.1 Å². The van der Waals surface area contributed by atoms with Crippen molar-refractivity contribution in [2.75, 3.05) is 10.6 Å². The molecule has 0 fully saturated rings. The highest BCUT2D eigenvalue weighted by Gasteiger charge is 2.32. The van der Waals surface area contributed by atoms with Crippen LogP contribution in [0.15, 0.2) is 59.2 Å². The quantitative estimate of drug-likeness (QED) is 0.554. The molecule has 0 aliphatic carbocycles. The normalized spacial score (nSPS) is 11.2. The Hall–Kier alpha value is -3.01. The minimum atomic E-state index is -4.86. The Morgan fingerprint density at radius 2 is 1.89 bits per heavy atom. The van der Waals surface area contributed by atoms with Crippen molar-refractivity contribution in [1.29, 1.82) is 0 Å². The number of nitrogens with one attached hydrogen (secondary N) is 2. The number of halogens is 4. The zero-order valence-corrected chi connectivity index (χ0v) is 16.0. The van der Waals surface area contributed by atoms with Crippen LogP contribution in [0.4, 0.5) is 29.3 Å². The van der Waals surface area contributed by atoms with Crippen LogP contribution in [0.3, 0.4) is 0 Å². The van der Waals surface area contributed by atoms with Crippen LogP contribution in [-0.4, -0.2) is 22.2 Å². The number of benzene rings is 2. The molecule has 0 aliphatic rings. The van der Waals surface area contributed by atoms with E-state index in [9.17, 15) is 18.0 Å². The fourth-order valence-electron chi connectivity index (χ4n) is 2.47. The summed E-state index contributed by atoms with van der Waals surface area (Å²) in [6.45, 7) is 0. The fourth-order valence-corrected chi connectivity index (χ4v) is 3.07. The van der Waals surface area contributed by atoms with Crippen LogP contribution in [0.1, 0.15) is 0 Å². The third-order valence-electron chi connectivity index (χ3n) is 3.54. The molecule has 1 aromatic heterocycles. The summed E-state index contributed by atoms with van der Waals surface area (Å²) in [5, 5.41) is 9.26. The first kappa shape index (κ1) is 19.7. The second kappa shape index (κ2) is 7.93. The van der Waals surface area contributed by atoms with Crippen LogP contribution in [0.25, 0.3) is 11.3 Å². The van der Waals surface area contributed by atoms with Crippen molar-refractivity contribution in [2.24, 2.45) is 7.05 Å². The summed E-state index contributed by atoms with van der Waals surface area (Å²) in [5.74, 6) is -0.503. The third-order valence-corrected chi connectivity index (χ3v) is 4.12. The summed E-state index contributed by atoms with van der Waals surface area (Å²) in [6, 6.07) is 11.5. The number of aromatic nitrogens is 2. The maximum Gasteiger partial charge on any atom is 0.573 e. The van der Waals surface area contributed by atoms with Crippen LogP contribution in [0.5, 0.6) is 5.75 Å². The number of carbonyl (C=O) groups is 1. The Morgan fingerprint density at radius 1 is 1.14 bits per heavy atom. The first-order chi connectivity index (χ1) is 13.2. The number of hydrogen-bond acceptors (Lipinski definition) is 3. The van der Waals surface area contributed by atoms with Gasteiger partial charge in [-0.3, -0.25) is 4.68 Å². The summed E-state index contributed by atoms with van der Waals surface area (Å²) >= 11 is 3.42. The molecule has 28 heavy (non-hydrogen) atoms. The van der Waals surface area contributed by atoms with Gasteiger partial charge in [0.2, 0.25) is 0 Å². The van der Waals surface area contributed by atoms with Gasteiger partial charge in [-0.1, -0.05) is 24.3 Å². The van der Waals surface area contributed by atoms with E-state index in [4.69, 9.17) is 0 Å². The maximum absolute atomic E-state index is 12.5. The molecule has 0 unspecified atom stereocenters.